The van der Waals surface area contributed by atoms with Crippen molar-refractivity contribution >= 4 is 34.8 Å². The number of amides is 3. The molecule has 10 heteroatoms. The number of non-ortho nitro benzene ring substituents is 1. The number of nitrogens with one attached hydrogen (secondary N) is 2. The van der Waals surface area contributed by atoms with Crippen molar-refractivity contribution < 1.29 is 24.0 Å². The summed E-state index contributed by atoms with van der Waals surface area (Å²) in [6.45, 7) is 3.84. The van der Waals surface area contributed by atoms with Crippen LogP contribution < -0.4 is 20.3 Å². The number of nitrogens with zero attached hydrogens (tertiary/aromatic N) is 2. The lowest BCUT2D eigenvalue weighted by Crippen LogP contribution is -2.54. The summed E-state index contributed by atoms with van der Waals surface area (Å²) in [6, 6.07) is 10.4. The van der Waals surface area contributed by atoms with Gasteiger partial charge in [0.15, 0.2) is 0 Å². The van der Waals surface area contributed by atoms with Crippen molar-refractivity contribution in [1.82, 2.24) is 5.32 Å². The zero-order valence-corrected chi connectivity index (χ0v) is 18.2. The zero-order chi connectivity index (χ0) is 23.7. The highest BCUT2D eigenvalue weighted by atomic mass is 16.6. The third kappa shape index (κ3) is 2.67. The van der Waals surface area contributed by atoms with E-state index in [9.17, 15) is 24.5 Å². The molecular weight excluding hydrogens is 428 g/mol. The van der Waals surface area contributed by atoms with Gasteiger partial charge in [-0.25, -0.2) is 4.90 Å². The normalized spacial score (nSPS) is 27.8. The zero-order valence-electron chi connectivity index (χ0n) is 18.2. The molecule has 2 saturated heterocycles. The smallest absolute Gasteiger partial charge is 0.271 e. The average molecular weight is 450 g/mol. The number of imide groups is 1. The summed E-state index contributed by atoms with van der Waals surface area (Å²) < 4.78 is 5.32. The maximum atomic E-state index is 13.9. The molecule has 0 aromatic heterocycles. The van der Waals surface area contributed by atoms with Crippen LogP contribution in [0.4, 0.5) is 17.1 Å². The molecule has 2 fully saturated rings. The number of hydrogen-bond donors (Lipinski definition) is 2. The average Bonchev–Trinajstić information content (AvgIpc) is 3.38. The fourth-order valence-electron chi connectivity index (χ4n) is 5.47. The number of ether oxygens (including phenoxy) is 1. The lowest BCUT2D eigenvalue weighted by molar-refractivity contribution is -0.384. The molecule has 10 nitrogen and oxygen atoms in total. The van der Waals surface area contributed by atoms with E-state index in [1.165, 1.54) is 19.2 Å². The SMILES string of the molecule is COc1ccc([N+](=O)[O-])cc1N1C(=O)[C@H]2[C@@H](C(C)C)N[C@]3(C(=O)Nc4ccccc43)[C@@H]2C1=O. The van der Waals surface area contributed by atoms with Gasteiger partial charge < -0.3 is 10.1 Å². The van der Waals surface area contributed by atoms with Crippen LogP contribution in [0.3, 0.4) is 0 Å². The van der Waals surface area contributed by atoms with Gasteiger partial charge in [0.05, 0.1) is 23.9 Å². The monoisotopic (exact) mass is 450 g/mol. The van der Waals surface area contributed by atoms with Crippen LogP contribution in [0.25, 0.3) is 0 Å². The van der Waals surface area contributed by atoms with Crippen LogP contribution in [0.1, 0.15) is 19.4 Å². The Bertz CT molecular complexity index is 1230. The molecule has 3 heterocycles. The number of hydrogen-bond acceptors (Lipinski definition) is 7. The van der Waals surface area contributed by atoms with Crippen molar-refractivity contribution in [3.63, 3.8) is 0 Å². The number of carbonyl (C=O) groups is 3. The number of rotatable bonds is 4. The van der Waals surface area contributed by atoms with Crippen molar-refractivity contribution in [3.05, 3.63) is 58.1 Å². The molecule has 2 aromatic rings. The van der Waals surface area contributed by atoms with Crippen LogP contribution >= 0.6 is 0 Å². The number of carbonyl (C=O) groups excluding carboxylic acids is 3. The minimum absolute atomic E-state index is 0.000413. The molecule has 2 N–H and O–H groups in total. The standard InChI is InChI=1S/C23H22N4O6/c1-11(2)19-17-18(23(25-19)13-6-4-5-7-14(13)24-22(23)30)21(29)26(20(17)28)15-10-12(27(31)32)8-9-16(15)33-3/h4-11,17-19,25H,1-3H3,(H,24,30)/t17-,18+,19-,23+/m1/s1. The molecule has 33 heavy (non-hydrogen) atoms. The highest BCUT2D eigenvalue weighted by Crippen LogP contribution is 2.55. The first kappa shape index (κ1) is 21.1. The Balaban J connectivity index is 1.70. The van der Waals surface area contributed by atoms with E-state index in [1.807, 2.05) is 13.8 Å². The summed E-state index contributed by atoms with van der Waals surface area (Å²) in [6.07, 6.45) is 0. The van der Waals surface area contributed by atoms with E-state index < -0.39 is 46.1 Å². The summed E-state index contributed by atoms with van der Waals surface area (Å²) in [5.41, 5.74) is -0.487. The van der Waals surface area contributed by atoms with Crippen molar-refractivity contribution in [2.45, 2.75) is 25.4 Å². The largest absolute Gasteiger partial charge is 0.495 e. The van der Waals surface area contributed by atoms with Crippen LogP contribution in [0.15, 0.2) is 42.5 Å². The van der Waals surface area contributed by atoms with Crippen LogP contribution in [0, 0.1) is 27.9 Å². The van der Waals surface area contributed by atoms with Crippen LogP contribution in [-0.4, -0.2) is 35.8 Å². The number of methoxy groups -OCH3 is 1. The Hall–Kier alpha value is -3.79. The van der Waals surface area contributed by atoms with Crippen LogP contribution in [0.5, 0.6) is 5.75 Å². The Kier molecular flexibility index (Phi) is 4.54. The second kappa shape index (κ2) is 7.11. The van der Waals surface area contributed by atoms with Crippen molar-refractivity contribution in [1.29, 1.82) is 0 Å². The van der Waals surface area contributed by atoms with Crippen molar-refractivity contribution in [2.24, 2.45) is 17.8 Å². The highest BCUT2D eigenvalue weighted by Gasteiger charge is 2.71. The van der Waals surface area contributed by atoms with Gasteiger partial charge in [-0.3, -0.25) is 29.8 Å². The molecule has 5 rings (SSSR count). The maximum absolute atomic E-state index is 13.9. The molecule has 170 valence electrons. The topological polar surface area (TPSA) is 131 Å². The number of nitro benzene ring substituents is 1. The molecule has 0 saturated carbocycles. The maximum Gasteiger partial charge on any atom is 0.271 e. The third-order valence-corrected chi connectivity index (χ3v) is 6.89. The quantitative estimate of drug-likeness (QED) is 0.415. The van der Waals surface area contributed by atoms with Crippen molar-refractivity contribution in [2.75, 3.05) is 17.3 Å². The van der Waals surface area contributed by atoms with Gasteiger partial charge in [0.25, 0.3) is 5.69 Å². The Labute approximate surface area is 189 Å². The lowest BCUT2D eigenvalue weighted by atomic mass is 9.76. The van der Waals surface area contributed by atoms with Gasteiger partial charge in [0.1, 0.15) is 17.0 Å². The summed E-state index contributed by atoms with van der Waals surface area (Å²) in [5.74, 6) is -3.24. The summed E-state index contributed by atoms with van der Waals surface area (Å²) >= 11 is 0. The predicted molar refractivity (Wildman–Crippen MR) is 118 cm³/mol. The molecule has 3 amide bonds. The first-order valence-corrected chi connectivity index (χ1v) is 10.6. The Morgan fingerprint density at radius 1 is 1.12 bits per heavy atom. The first-order valence-electron chi connectivity index (χ1n) is 10.6. The molecule has 3 aliphatic heterocycles. The van der Waals surface area contributed by atoms with Crippen LogP contribution in [0.2, 0.25) is 0 Å². The van der Waals surface area contributed by atoms with E-state index in [2.05, 4.69) is 10.6 Å². The molecule has 1 spiro atoms. The second-order valence-electron chi connectivity index (χ2n) is 8.85. The molecule has 0 bridgehead atoms. The summed E-state index contributed by atoms with van der Waals surface area (Å²) in [7, 11) is 1.36. The third-order valence-electron chi connectivity index (χ3n) is 6.89. The number of para-hydroxylation sites is 1. The number of benzene rings is 2. The Morgan fingerprint density at radius 2 is 1.85 bits per heavy atom. The minimum Gasteiger partial charge on any atom is -0.495 e. The summed E-state index contributed by atoms with van der Waals surface area (Å²) in [4.78, 5) is 52.7. The van der Waals surface area contributed by atoms with E-state index in [-0.39, 0.29) is 23.0 Å². The van der Waals surface area contributed by atoms with Gasteiger partial charge in [-0.15, -0.1) is 0 Å². The Morgan fingerprint density at radius 3 is 2.52 bits per heavy atom. The van der Waals surface area contributed by atoms with E-state index in [0.29, 0.717) is 11.3 Å². The number of fused-ring (bicyclic) bond motifs is 4. The fraction of sp³-hybridized carbons (Fsp3) is 0.348. The molecule has 0 radical (unpaired) electrons. The lowest BCUT2D eigenvalue weighted by Gasteiger charge is -2.30. The van der Waals surface area contributed by atoms with Crippen LogP contribution in [-0.2, 0) is 19.9 Å². The van der Waals surface area contributed by atoms with Gasteiger partial charge >= 0.3 is 0 Å². The fourth-order valence-corrected chi connectivity index (χ4v) is 5.47. The molecule has 3 aliphatic rings. The van der Waals surface area contributed by atoms with Gasteiger partial charge in [0.2, 0.25) is 17.7 Å². The van der Waals surface area contributed by atoms with E-state index in [0.717, 1.165) is 11.0 Å². The van der Waals surface area contributed by atoms with E-state index in [4.69, 9.17) is 4.74 Å². The van der Waals surface area contributed by atoms with E-state index >= 15 is 0 Å². The van der Waals surface area contributed by atoms with Gasteiger partial charge in [0, 0.05) is 29.4 Å². The minimum atomic E-state index is -1.41. The molecule has 4 atom stereocenters. The predicted octanol–water partition coefficient (Wildman–Crippen LogP) is 2.18. The number of anilines is 2. The van der Waals surface area contributed by atoms with E-state index in [1.54, 1.807) is 24.3 Å². The number of nitro groups is 1. The van der Waals surface area contributed by atoms with Gasteiger partial charge in [-0.1, -0.05) is 32.0 Å². The molecular formula is C23H22N4O6. The van der Waals surface area contributed by atoms with Gasteiger partial charge in [-0.2, -0.15) is 0 Å². The van der Waals surface area contributed by atoms with Gasteiger partial charge in [-0.05, 0) is 18.1 Å². The summed E-state index contributed by atoms with van der Waals surface area (Å²) in [5, 5.41) is 17.6. The highest BCUT2D eigenvalue weighted by molar-refractivity contribution is 6.26. The molecule has 0 unspecified atom stereocenters. The first-order chi connectivity index (χ1) is 15.7. The molecule has 0 aliphatic carbocycles. The molecule has 2 aromatic carbocycles. The second-order valence-corrected chi connectivity index (χ2v) is 8.85. The van der Waals surface area contributed by atoms with Crippen molar-refractivity contribution in [3.8, 4) is 5.75 Å².